The normalized spacial score (nSPS) is 10.9. The third-order valence-corrected chi connectivity index (χ3v) is 4.49. The molecule has 0 spiro atoms. The van der Waals surface area contributed by atoms with Crippen molar-refractivity contribution in [2.45, 2.75) is 6.04 Å². The molecule has 0 amide bonds. The predicted molar refractivity (Wildman–Crippen MR) is 116 cm³/mol. The first-order chi connectivity index (χ1) is 14.3. The number of benzene rings is 3. The number of rotatable bonds is 6. The number of para-hydroxylation sites is 3. The van der Waals surface area contributed by atoms with Gasteiger partial charge in [-0.25, -0.2) is 0 Å². The Morgan fingerprint density at radius 1 is 0.781 bits per heavy atom. The number of aliphatic imine (C=N–C) groups is 1. The molecule has 0 N–H and O–H groups in total. The molecule has 1 heterocycles. The molecule has 1 atom stereocenters. The molecule has 32 heavy (non-hydrogen) atoms. The molecule has 4 rings (SSSR count). The van der Waals surface area contributed by atoms with Crippen LogP contribution in [0.2, 0.25) is 0 Å². The van der Waals surface area contributed by atoms with Crippen molar-refractivity contribution in [2.24, 2.45) is 4.99 Å². The van der Waals surface area contributed by atoms with E-state index in [1.54, 1.807) is 24.5 Å². The van der Waals surface area contributed by atoms with E-state index in [4.69, 9.17) is 5.32 Å². The van der Waals surface area contributed by atoms with Gasteiger partial charge in [0.2, 0.25) is 0 Å². The van der Waals surface area contributed by atoms with Crippen LogP contribution in [0.5, 0.6) is 5.75 Å². The fourth-order valence-corrected chi connectivity index (χ4v) is 3.03. The molecule has 4 aromatic rings. The smallest absolute Gasteiger partial charge is 0.0481 e. The van der Waals surface area contributed by atoms with Gasteiger partial charge in [0.05, 0.1) is 0 Å². The molecule has 0 unspecified atom stereocenters. The van der Waals surface area contributed by atoms with Crippen molar-refractivity contribution in [1.29, 1.82) is 0 Å². The van der Waals surface area contributed by atoms with Gasteiger partial charge in [-0.1, -0.05) is 84.4 Å². The molecule has 164 valence electrons. The second-order valence-electron chi connectivity index (χ2n) is 6.48. The van der Waals surface area contributed by atoms with Gasteiger partial charge in [-0.2, -0.15) is 0 Å². The third kappa shape index (κ3) is 6.59. The summed E-state index contributed by atoms with van der Waals surface area (Å²) in [6.07, 6.45) is 3.37. The largest absolute Gasteiger partial charge is 2.00 e. The Bertz CT molecular complexity index is 1070. The second kappa shape index (κ2) is 13.2. The molecule has 0 aliphatic rings. The van der Waals surface area contributed by atoms with E-state index in [1.165, 1.54) is 6.07 Å². The van der Waals surface area contributed by atoms with Gasteiger partial charge in [0.1, 0.15) is 0 Å². The Morgan fingerprint density at radius 3 is 2.16 bits per heavy atom. The molecule has 6 nitrogen and oxygen atoms in total. The predicted octanol–water partition coefficient (Wildman–Crippen LogP) is 5.46. The van der Waals surface area contributed by atoms with Gasteiger partial charge in [0.25, 0.3) is 0 Å². The van der Waals surface area contributed by atoms with E-state index in [2.05, 4.69) is 9.98 Å². The van der Waals surface area contributed by atoms with Gasteiger partial charge in [-0.15, -0.1) is 11.4 Å². The van der Waals surface area contributed by atoms with E-state index < -0.39 is 0 Å². The standard InChI is InChI=1S/C25H20N3O.Mo.2O/c29-24-16-7-4-12-20(24)18-27-21-13-5-6-14-22(21)28-25(19-10-2-1-3-11-19)23-15-8-9-17-26-23;;;/h1-18,25H,(H,27,29);;;/q-1;;2*-2/p-1/t25-;;;/m1.../s1. The average molecular weight is 505 g/mol. The summed E-state index contributed by atoms with van der Waals surface area (Å²) >= 11 is 0. The summed E-state index contributed by atoms with van der Waals surface area (Å²) < 4.78 is 0. The molecule has 0 fully saturated rings. The van der Waals surface area contributed by atoms with E-state index >= 15 is 0 Å². The number of hydrogen-bond acceptors (Lipinski definition) is 3. The first-order valence-electron chi connectivity index (χ1n) is 9.37. The van der Waals surface area contributed by atoms with E-state index in [9.17, 15) is 5.11 Å². The summed E-state index contributed by atoms with van der Waals surface area (Å²) in [7, 11) is 0. The zero-order chi connectivity index (χ0) is 19.9. The van der Waals surface area contributed by atoms with Gasteiger partial charge in [-0.05, 0) is 29.8 Å². The molecule has 1 aromatic heterocycles. The number of nitrogens with zero attached hydrogens (tertiary/aromatic N) is 3. The van der Waals surface area contributed by atoms with Crippen LogP contribution in [-0.4, -0.2) is 11.2 Å². The zero-order valence-electron chi connectivity index (χ0n) is 16.9. The minimum Gasteiger partial charge on any atom is -2.00 e. The summed E-state index contributed by atoms with van der Waals surface area (Å²) in [5.41, 5.74) is 3.91. The first-order valence-corrected chi connectivity index (χ1v) is 9.37. The molecule has 0 saturated heterocycles. The van der Waals surface area contributed by atoms with Gasteiger partial charge in [0, 0.05) is 44.9 Å². The number of aromatic nitrogens is 1. The Labute approximate surface area is 201 Å². The maximum absolute atomic E-state index is 12.0. The van der Waals surface area contributed by atoms with Crippen molar-refractivity contribution in [3.05, 3.63) is 125 Å². The van der Waals surface area contributed by atoms with Crippen LogP contribution in [0.4, 0.5) is 11.4 Å². The molecular weight excluding hydrogens is 486 g/mol. The monoisotopic (exact) mass is 507 g/mol. The van der Waals surface area contributed by atoms with Gasteiger partial charge in [-0.3, -0.25) is 9.98 Å². The average Bonchev–Trinajstić information content (AvgIpc) is 2.79. The van der Waals surface area contributed by atoms with Crippen molar-refractivity contribution in [3.63, 3.8) is 0 Å². The van der Waals surface area contributed by atoms with Crippen LogP contribution >= 0.6 is 0 Å². The Morgan fingerprint density at radius 2 is 1.44 bits per heavy atom. The van der Waals surface area contributed by atoms with E-state index in [0.29, 0.717) is 11.3 Å². The Kier molecular flexibility index (Phi) is 11.0. The molecular formula is C25H19MoN3O3-6. The van der Waals surface area contributed by atoms with Crippen LogP contribution < -0.4 is 5.11 Å². The van der Waals surface area contributed by atoms with Crippen LogP contribution in [-0.2, 0) is 32.0 Å². The van der Waals surface area contributed by atoms with Crippen molar-refractivity contribution in [2.75, 3.05) is 0 Å². The molecule has 0 radical (unpaired) electrons. The Balaban J connectivity index is 0.00000171. The summed E-state index contributed by atoms with van der Waals surface area (Å²) in [5.74, 6) is -0.0543. The zero-order valence-corrected chi connectivity index (χ0v) is 19.0. The van der Waals surface area contributed by atoms with Crippen molar-refractivity contribution < 1.29 is 37.1 Å². The van der Waals surface area contributed by atoms with Crippen molar-refractivity contribution in [3.8, 4) is 5.75 Å². The van der Waals surface area contributed by atoms with Gasteiger partial charge >= 0.3 is 0 Å². The second-order valence-corrected chi connectivity index (χ2v) is 6.48. The Hall–Kier alpha value is -3.31. The number of pyridine rings is 1. The fourth-order valence-electron chi connectivity index (χ4n) is 3.03. The molecule has 0 aliphatic heterocycles. The quantitative estimate of drug-likeness (QED) is 0.255. The first kappa shape index (κ1) is 26.7. The summed E-state index contributed by atoms with van der Waals surface area (Å²) in [4.78, 5) is 9.05. The maximum atomic E-state index is 12.0. The number of hydrogen-bond donors (Lipinski definition) is 0. The molecule has 3 aromatic carbocycles. The molecule has 0 saturated carbocycles. The fraction of sp³-hybridized carbons (Fsp3) is 0.0400. The SMILES string of the molecule is [Mo].[O-2].[O-2].[O-]c1ccccc1C=Nc1ccccc1[N-][C@H](c1ccccc1)c1ccccn1. The van der Waals surface area contributed by atoms with E-state index in [0.717, 1.165) is 16.9 Å². The van der Waals surface area contributed by atoms with Crippen LogP contribution in [0, 0.1) is 0 Å². The van der Waals surface area contributed by atoms with Crippen LogP contribution in [0.25, 0.3) is 5.32 Å². The van der Waals surface area contributed by atoms with E-state index in [1.807, 2.05) is 78.9 Å². The minimum absolute atomic E-state index is 0. The summed E-state index contributed by atoms with van der Waals surface area (Å²) in [6.45, 7) is 0. The topological polar surface area (TPSA) is 119 Å². The van der Waals surface area contributed by atoms with Crippen LogP contribution in [0.3, 0.4) is 0 Å². The molecule has 0 bridgehead atoms. The van der Waals surface area contributed by atoms with Gasteiger partial charge in [0.15, 0.2) is 0 Å². The maximum Gasteiger partial charge on any atom is 0.0481 e. The van der Waals surface area contributed by atoms with E-state index in [-0.39, 0.29) is 43.8 Å². The minimum atomic E-state index is -0.249. The molecule has 0 aliphatic carbocycles. The molecule has 7 heteroatoms. The van der Waals surface area contributed by atoms with Gasteiger partial charge < -0.3 is 21.4 Å². The summed E-state index contributed by atoms with van der Waals surface area (Å²) in [6, 6.07) is 30.1. The van der Waals surface area contributed by atoms with Crippen LogP contribution in [0.1, 0.15) is 22.9 Å². The third-order valence-electron chi connectivity index (χ3n) is 4.49. The van der Waals surface area contributed by atoms with Crippen molar-refractivity contribution in [1.82, 2.24) is 4.98 Å². The van der Waals surface area contributed by atoms with Crippen molar-refractivity contribution >= 4 is 17.6 Å². The summed E-state index contributed by atoms with van der Waals surface area (Å²) in [5, 5.41) is 16.9. The van der Waals surface area contributed by atoms with Crippen LogP contribution in [0.15, 0.2) is 108 Å².